The summed E-state index contributed by atoms with van der Waals surface area (Å²) in [6, 6.07) is 18.4. The molecule has 1 aliphatic heterocycles. The van der Waals surface area contributed by atoms with Gasteiger partial charge in [0, 0.05) is 50.4 Å². The van der Waals surface area contributed by atoms with Gasteiger partial charge in [0.1, 0.15) is 5.75 Å². The molecule has 0 radical (unpaired) electrons. The molecule has 0 unspecified atom stereocenters. The number of carbonyl (C=O) groups excluding carboxylic acids is 1. The standard InChI is InChI=1S/C25H26N4O2/c1-31-24-10-6-5-9-20(24)18-15-22-21(23(30)16-18)17-26-25(27-22)29-13-11-28(12-14-29)19-7-3-2-4-8-19/h2-10,17-18H,11-16H2,1H3/t18-/m0/s1. The maximum atomic E-state index is 12.8. The van der Waals surface area contributed by atoms with Crippen LogP contribution in [0.3, 0.4) is 0 Å². The highest BCUT2D eigenvalue weighted by Gasteiger charge is 2.30. The molecular formula is C25H26N4O2. The molecule has 1 fully saturated rings. The number of carbonyl (C=O) groups is 1. The summed E-state index contributed by atoms with van der Waals surface area (Å²) < 4.78 is 5.53. The number of ether oxygens (including phenoxy) is 1. The van der Waals surface area contributed by atoms with E-state index in [-0.39, 0.29) is 11.7 Å². The van der Waals surface area contributed by atoms with Gasteiger partial charge >= 0.3 is 0 Å². The Kier molecular flexibility index (Phi) is 5.28. The van der Waals surface area contributed by atoms with E-state index in [0.29, 0.717) is 12.0 Å². The molecule has 2 aliphatic rings. The van der Waals surface area contributed by atoms with Gasteiger partial charge in [0.15, 0.2) is 5.78 Å². The van der Waals surface area contributed by atoms with Crippen molar-refractivity contribution in [3.63, 3.8) is 0 Å². The molecule has 0 bridgehead atoms. The number of benzene rings is 2. The summed E-state index contributed by atoms with van der Waals surface area (Å²) in [6.07, 6.45) is 2.91. The van der Waals surface area contributed by atoms with Crippen LogP contribution in [0.5, 0.6) is 5.75 Å². The lowest BCUT2D eigenvalue weighted by atomic mass is 9.82. The lowest BCUT2D eigenvalue weighted by molar-refractivity contribution is 0.0962. The van der Waals surface area contributed by atoms with E-state index in [0.717, 1.165) is 55.6 Å². The van der Waals surface area contributed by atoms with Gasteiger partial charge < -0.3 is 14.5 Å². The molecule has 2 aromatic carbocycles. The van der Waals surface area contributed by atoms with Crippen molar-refractivity contribution in [3.05, 3.63) is 77.6 Å². The number of nitrogens with zero attached hydrogens (tertiary/aromatic N) is 4. The molecule has 31 heavy (non-hydrogen) atoms. The van der Waals surface area contributed by atoms with Crippen molar-refractivity contribution in [2.24, 2.45) is 0 Å². The van der Waals surface area contributed by atoms with Crippen molar-refractivity contribution in [2.75, 3.05) is 43.1 Å². The topological polar surface area (TPSA) is 58.6 Å². The number of piperazine rings is 1. The van der Waals surface area contributed by atoms with Crippen molar-refractivity contribution in [2.45, 2.75) is 18.8 Å². The molecular weight excluding hydrogens is 388 g/mol. The third kappa shape index (κ3) is 3.85. The fourth-order valence-corrected chi connectivity index (χ4v) is 4.61. The summed E-state index contributed by atoms with van der Waals surface area (Å²) in [5, 5.41) is 0. The molecule has 158 valence electrons. The number of hydrogen-bond donors (Lipinski definition) is 0. The van der Waals surface area contributed by atoms with Gasteiger partial charge in [-0.25, -0.2) is 9.97 Å². The molecule has 1 aromatic heterocycles. The predicted molar refractivity (Wildman–Crippen MR) is 121 cm³/mol. The van der Waals surface area contributed by atoms with Crippen molar-refractivity contribution in [3.8, 4) is 5.75 Å². The van der Waals surface area contributed by atoms with Gasteiger partial charge in [0.25, 0.3) is 0 Å². The average Bonchev–Trinajstić information content (AvgIpc) is 2.84. The van der Waals surface area contributed by atoms with E-state index in [1.54, 1.807) is 13.3 Å². The predicted octanol–water partition coefficient (Wildman–Crippen LogP) is 3.72. The fourth-order valence-electron chi connectivity index (χ4n) is 4.61. The molecule has 3 aromatic rings. The minimum Gasteiger partial charge on any atom is -0.496 e. The maximum Gasteiger partial charge on any atom is 0.225 e. The summed E-state index contributed by atoms with van der Waals surface area (Å²) in [6.45, 7) is 3.57. The van der Waals surface area contributed by atoms with Crippen LogP contribution in [0.2, 0.25) is 0 Å². The molecule has 2 heterocycles. The highest BCUT2D eigenvalue weighted by Crippen LogP contribution is 2.36. The van der Waals surface area contributed by atoms with E-state index in [1.165, 1.54) is 5.69 Å². The zero-order valence-electron chi connectivity index (χ0n) is 17.7. The number of para-hydroxylation sites is 2. The summed E-state index contributed by atoms with van der Waals surface area (Å²) in [5.41, 5.74) is 3.83. The maximum absolute atomic E-state index is 12.8. The monoisotopic (exact) mass is 414 g/mol. The van der Waals surface area contributed by atoms with Crippen molar-refractivity contribution < 1.29 is 9.53 Å². The highest BCUT2D eigenvalue weighted by atomic mass is 16.5. The first kappa shape index (κ1) is 19.5. The number of methoxy groups -OCH3 is 1. The van der Waals surface area contributed by atoms with Gasteiger partial charge in [-0.1, -0.05) is 36.4 Å². The van der Waals surface area contributed by atoms with Gasteiger partial charge in [-0.2, -0.15) is 0 Å². The van der Waals surface area contributed by atoms with Crippen LogP contribution in [0.25, 0.3) is 0 Å². The molecule has 6 heteroatoms. The third-order valence-electron chi connectivity index (χ3n) is 6.29. The Morgan fingerprint density at radius 2 is 1.61 bits per heavy atom. The molecule has 0 N–H and O–H groups in total. The second kappa shape index (κ2) is 8.38. The van der Waals surface area contributed by atoms with Crippen molar-refractivity contribution in [1.29, 1.82) is 0 Å². The van der Waals surface area contributed by atoms with Crippen LogP contribution >= 0.6 is 0 Å². The minimum atomic E-state index is 0.0776. The van der Waals surface area contributed by atoms with E-state index >= 15 is 0 Å². The van der Waals surface area contributed by atoms with Crippen LogP contribution < -0.4 is 14.5 Å². The number of aromatic nitrogens is 2. The molecule has 6 nitrogen and oxygen atoms in total. The van der Waals surface area contributed by atoms with E-state index in [2.05, 4.69) is 39.0 Å². The number of hydrogen-bond acceptors (Lipinski definition) is 6. The zero-order chi connectivity index (χ0) is 21.2. The van der Waals surface area contributed by atoms with Gasteiger partial charge in [-0.05, 0) is 30.2 Å². The molecule has 1 aliphatic carbocycles. The Bertz CT molecular complexity index is 1080. The van der Waals surface area contributed by atoms with Gasteiger partial charge in [-0.15, -0.1) is 0 Å². The lowest BCUT2D eigenvalue weighted by Gasteiger charge is -2.36. The Hall–Kier alpha value is -3.41. The second-order valence-electron chi connectivity index (χ2n) is 8.11. The summed E-state index contributed by atoms with van der Waals surface area (Å²) in [4.78, 5) is 26.8. The molecule has 1 saturated heterocycles. The lowest BCUT2D eigenvalue weighted by Crippen LogP contribution is -2.47. The quantitative estimate of drug-likeness (QED) is 0.649. The summed E-state index contributed by atoms with van der Waals surface area (Å²) in [7, 11) is 1.67. The molecule has 0 spiro atoms. The summed E-state index contributed by atoms with van der Waals surface area (Å²) >= 11 is 0. The number of fused-ring (bicyclic) bond motifs is 1. The third-order valence-corrected chi connectivity index (χ3v) is 6.29. The normalized spacial score (nSPS) is 18.6. The fraction of sp³-hybridized carbons (Fsp3) is 0.320. The van der Waals surface area contributed by atoms with E-state index in [4.69, 9.17) is 9.72 Å². The van der Waals surface area contributed by atoms with Crippen molar-refractivity contribution in [1.82, 2.24) is 9.97 Å². The molecule has 1 atom stereocenters. The van der Waals surface area contributed by atoms with E-state index in [9.17, 15) is 4.79 Å². The number of rotatable bonds is 4. The minimum absolute atomic E-state index is 0.0776. The first-order valence-corrected chi connectivity index (χ1v) is 10.8. The number of Topliss-reactive ketones (excluding diaryl/α,β-unsaturated/α-hetero) is 1. The van der Waals surface area contributed by atoms with Crippen LogP contribution in [0.4, 0.5) is 11.6 Å². The van der Waals surface area contributed by atoms with Gasteiger partial charge in [0.2, 0.25) is 5.95 Å². The SMILES string of the molecule is COc1ccccc1[C@@H]1CC(=O)c2cnc(N3CCN(c4ccccc4)CC3)nc2C1. The second-order valence-corrected chi connectivity index (χ2v) is 8.11. The first-order valence-electron chi connectivity index (χ1n) is 10.8. The van der Waals surface area contributed by atoms with E-state index in [1.807, 2.05) is 30.3 Å². The van der Waals surface area contributed by atoms with Crippen LogP contribution in [-0.2, 0) is 6.42 Å². The van der Waals surface area contributed by atoms with Crippen LogP contribution in [0, 0.1) is 0 Å². The number of ketones is 1. The average molecular weight is 415 g/mol. The summed E-state index contributed by atoms with van der Waals surface area (Å²) in [5.74, 6) is 1.74. The van der Waals surface area contributed by atoms with Crippen molar-refractivity contribution >= 4 is 17.4 Å². The van der Waals surface area contributed by atoms with Crippen LogP contribution in [0.1, 0.15) is 34.0 Å². The Balaban J connectivity index is 1.34. The highest BCUT2D eigenvalue weighted by molar-refractivity contribution is 5.98. The van der Waals surface area contributed by atoms with Gasteiger partial charge in [0.05, 0.1) is 18.4 Å². The number of anilines is 2. The largest absolute Gasteiger partial charge is 0.496 e. The van der Waals surface area contributed by atoms with Gasteiger partial charge in [-0.3, -0.25) is 4.79 Å². The molecule has 0 amide bonds. The smallest absolute Gasteiger partial charge is 0.225 e. The Morgan fingerprint density at radius 3 is 2.39 bits per heavy atom. The van der Waals surface area contributed by atoms with Crippen LogP contribution in [0.15, 0.2) is 60.8 Å². The van der Waals surface area contributed by atoms with Crippen LogP contribution in [-0.4, -0.2) is 49.0 Å². The zero-order valence-corrected chi connectivity index (χ0v) is 17.7. The van der Waals surface area contributed by atoms with E-state index < -0.39 is 0 Å². The Labute approximate surface area is 182 Å². The molecule has 0 saturated carbocycles. The first-order chi connectivity index (χ1) is 15.2. The Morgan fingerprint density at radius 1 is 0.903 bits per heavy atom. The molecule has 5 rings (SSSR count).